The van der Waals surface area contributed by atoms with Crippen LogP contribution in [-0.2, 0) is 10.0 Å². The maximum absolute atomic E-state index is 13.2. The van der Waals surface area contributed by atoms with Crippen LogP contribution in [0.1, 0.15) is 23.2 Å². The van der Waals surface area contributed by atoms with Gasteiger partial charge in [-0.15, -0.1) is 5.10 Å². The molecule has 0 bridgehead atoms. The van der Waals surface area contributed by atoms with Crippen LogP contribution in [0.4, 0.5) is 5.82 Å². The van der Waals surface area contributed by atoms with Crippen LogP contribution < -0.4 is 9.64 Å². The number of sulfonamides is 1. The van der Waals surface area contributed by atoms with Crippen molar-refractivity contribution in [3.8, 4) is 11.4 Å². The SMILES string of the molecule is COc1ccc(-n2nnc3c(N4CCN(C(=O)c5ccc(S(=O)(=O)N6CCCC6)cc5)CC4)ncnc32)cc1. The highest BCUT2D eigenvalue weighted by molar-refractivity contribution is 7.89. The van der Waals surface area contributed by atoms with Crippen molar-refractivity contribution >= 4 is 32.9 Å². The predicted molar refractivity (Wildman–Crippen MR) is 144 cm³/mol. The van der Waals surface area contributed by atoms with Gasteiger partial charge in [0, 0.05) is 44.8 Å². The highest BCUT2D eigenvalue weighted by Crippen LogP contribution is 2.25. The van der Waals surface area contributed by atoms with Crippen molar-refractivity contribution in [2.75, 3.05) is 51.3 Å². The molecular weight excluding hydrogens is 520 g/mol. The van der Waals surface area contributed by atoms with Gasteiger partial charge in [-0.2, -0.15) is 8.99 Å². The average molecular weight is 549 g/mol. The van der Waals surface area contributed by atoms with Crippen molar-refractivity contribution < 1.29 is 17.9 Å². The molecule has 13 heteroatoms. The van der Waals surface area contributed by atoms with Crippen LogP contribution in [0.5, 0.6) is 5.75 Å². The molecule has 2 aromatic carbocycles. The standard InChI is InChI=1S/C26H28N8O4S/c1-38-21-8-6-20(7-9-21)34-25-23(29-30-34)24(27-18-28-25)31-14-16-32(17-15-31)26(35)19-4-10-22(11-5-19)39(36,37)33-12-2-3-13-33/h4-11,18H,2-3,12-17H2,1H3. The molecule has 0 unspecified atom stereocenters. The topological polar surface area (TPSA) is 127 Å². The average Bonchev–Trinajstić information content (AvgIpc) is 3.68. The van der Waals surface area contributed by atoms with Gasteiger partial charge in [-0.25, -0.2) is 18.4 Å². The molecule has 2 aromatic heterocycles. The van der Waals surface area contributed by atoms with Crippen LogP contribution in [-0.4, -0.2) is 94.9 Å². The van der Waals surface area contributed by atoms with Crippen LogP contribution in [0.25, 0.3) is 16.9 Å². The van der Waals surface area contributed by atoms with Gasteiger partial charge in [-0.05, 0) is 61.4 Å². The summed E-state index contributed by atoms with van der Waals surface area (Å²) < 4.78 is 34.0. The van der Waals surface area contributed by atoms with Gasteiger partial charge in [-0.1, -0.05) is 5.21 Å². The molecule has 12 nitrogen and oxygen atoms in total. The van der Waals surface area contributed by atoms with Crippen molar-refractivity contribution in [1.82, 2.24) is 34.2 Å². The summed E-state index contributed by atoms with van der Waals surface area (Å²) in [6, 6.07) is 13.7. The molecule has 2 aliphatic rings. The number of fused-ring (bicyclic) bond motifs is 1. The largest absolute Gasteiger partial charge is 0.497 e. The smallest absolute Gasteiger partial charge is 0.253 e. The number of amides is 1. The Morgan fingerprint density at radius 1 is 0.872 bits per heavy atom. The first-order valence-corrected chi connectivity index (χ1v) is 14.2. The lowest BCUT2D eigenvalue weighted by Gasteiger charge is -2.35. The summed E-state index contributed by atoms with van der Waals surface area (Å²) in [4.78, 5) is 26.1. The normalized spacial score (nSPS) is 16.6. The van der Waals surface area contributed by atoms with Gasteiger partial charge in [0.1, 0.15) is 12.1 Å². The quantitative estimate of drug-likeness (QED) is 0.355. The van der Waals surface area contributed by atoms with E-state index < -0.39 is 10.0 Å². The zero-order valence-electron chi connectivity index (χ0n) is 21.5. The molecule has 2 fully saturated rings. The summed E-state index contributed by atoms with van der Waals surface area (Å²) in [5.41, 5.74) is 2.45. The lowest BCUT2D eigenvalue weighted by atomic mass is 10.2. The van der Waals surface area contributed by atoms with Gasteiger partial charge < -0.3 is 14.5 Å². The third-order valence-electron chi connectivity index (χ3n) is 7.21. The van der Waals surface area contributed by atoms with Crippen molar-refractivity contribution in [2.45, 2.75) is 17.7 Å². The van der Waals surface area contributed by atoms with E-state index in [-0.39, 0.29) is 10.8 Å². The molecule has 2 saturated heterocycles. The van der Waals surface area contributed by atoms with Gasteiger partial charge in [-0.3, -0.25) is 4.79 Å². The third-order valence-corrected chi connectivity index (χ3v) is 9.12. The molecule has 4 aromatic rings. The number of aromatic nitrogens is 5. The number of piperazine rings is 1. The molecule has 39 heavy (non-hydrogen) atoms. The lowest BCUT2D eigenvalue weighted by Crippen LogP contribution is -2.49. The van der Waals surface area contributed by atoms with E-state index in [2.05, 4.69) is 25.2 Å². The molecule has 0 saturated carbocycles. The van der Waals surface area contributed by atoms with E-state index in [4.69, 9.17) is 4.74 Å². The Kier molecular flexibility index (Phi) is 6.61. The first-order chi connectivity index (χ1) is 19.0. The van der Waals surface area contributed by atoms with Gasteiger partial charge in [0.2, 0.25) is 10.0 Å². The second-order valence-corrected chi connectivity index (χ2v) is 11.4. The molecule has 2 aliphatic heterocycles. The van der Waals surface area contributed by atoms with E-state index in [0.717, 1.165) is 24.3 Å². The number of methoxy groups -OCH3 is 1. The fourth-order valence-corrected chi connectivity index (χ4v) is 6.53. The van der Waals surface area contributed by atoms with Crippen LogP contribution in [0, 0.1) is 0 Å². The summed E-state index contributed by atoms with van der Waals surface area (Å²) in [5, 5.41) is 8.65. The number of carbonyl (C=O) groups is 1. The summed E-state index contributed by atoms with van der Waals surface area (Å²) in [7, 11) is -1.89. The second-order valence-electron chi connectivity index (χ2n) is 9.48. The minimum absolute atomic E-state index is 0.127. The molecule has 0 radical (unpaired) electrons. The van der Waals surface area contributed by atoms with E-state index in [1.54, 1.807) is 28.8 Å². The van der Waals surface area contributed by atoms with Gasteiger partial charge in [0.05, 0.1) is 17.7 Å². The number of carbonyl (C=O) groups excluding carboxylic acids is 1. The number of hydrogen-bond acceptors (Lipinski definition) is 9. The van der Waals surface area contributed by atoms with Crippen molar-refractivity contribution in [3.63, 3.8) is 0 Å². The van der Waals surface area contributed by atoms with Crippen molar-refractivity contribution in [3.05, 3.63) is 60.4 Å². The van der Waals surface area contributed by atoms with Crippen LogP contribution >= 0.6 is 0 Å². The first-order valence-electron chi connectivity index (χ1n) is 12.8. The molecule has 0 atom stereocenters. The fourth-order valence-electron chi connectivity index (χ4n) is 5.02. The zero-order valence-corrected chi connectivity index (χ0v) is 22.3. The number of hydrogen-bond donors (Lipinski definition) is 0. The van der Waals surface area contributed by atoms with Crippen molar-refractivity contribution in [1.29, 1.82) is 0 Å². The molecule has 0 N–H and O–H groups in total. The Morgan fingerprint density at radius 3 is 2.23 bits per heavy atom. The Bertz CT molecular complexity index is 1590. The van der Waals surface area contributed by atoms with E-state index in [0.29, 0.717) is 61.8 Å². The summed E-state index contributed by atoms with van der Waals surface area (Å²) in [6.07, 6.45) is 3.25. The minimum Gasteiger partial charge on any atom is -0.497 e. The van der Waals surface area contributed by atoms with E-state index in [1.165, 1.54) is 22.8 Å². The molecule has 4 heterocycles. The molecule has 202 valence electrons. The Balaban J connectivity index is 1.14. The highest BCUT2D eigenvalue weighted by Gasteiger charge is 2.29. The highest BCUT2D eigenvalue weighted by atomic mass is 32.2. The second kappa shape index (κ2) is 10.2. The lowest BCUT2D eigenvalue weighted by molar-refractivity contribution is 0.0746. The van der Waals surface area contributed by atoms with Gasteiger partial charge in [0.25, 0.3) is 5.91 Å². The molecule has 0 spiro atoms. The van der Waals surface area contributed by atoms with Crippen molar-refractivity contribution in [2.24, 2.45) is 0 Å². The Labute approximate surface area is 225 Å². The third kappa shape index (κ3) is 4.68. The maximum atomic E-state index is 13.2. The first kappa shape index (κ1) is 25.2. The predicted octanol–water partition coefficient (Wildman–Crippen LogP) is 1.97. The number of rotatable bonds is 6. The molecule has 0 aliphatic carbocycles. The number of anilines is 1. The maximum Gasteiger partial charge on any atom is 0.253 e. The summed E-state index contributed by atoms with van der Waals surface area (Å²) >= 11 is 0. The number of ether oxygens (including phenoxy) is 1. The van der Waals surface area contributed by atoms with E-state index in [9.17, 15) is 13.2 Å². The number of benzene rings is 2. The Morgan fingerprint density at radius 2 is 1.56 bits per heavy atom. The molecular formula is C26H28N8O4S. The summed E-state index contributed by atoms with van der Waals surface area (Å²) in [5.74, 6) is 1.29. The van der Waals surface area contributed by atoms with E-state index in [1.807, 2.05) is 24.3 Å². The van der Waals surface area contributed by atoms with Gasteiger partial charge in [0.15, 0.2) is 17.0 Å². The molecule has 1 amide bonds. The van der Waals surface area contributed by atoms with Crippen LogP contribution in [0.3, 0.4) is 0 Å². The van der Waals surface area contributed by atoms with E-state index >= 15 is 0 Å². The minimum atomic E-state index is -3.51. The van der Waals surface area contributed by atoms with Crippen LogP contribution in [0.2, 0.25) is 0 Å². The Hall–Kier alpha value is -4.10. The fraction of sp³-hybridized carbons (Fsp3) is 0.346. The number of nitrogens with zero attached hydrogens (tertiary/aromatic N) is 8. The zero-order chi connectivity index (χ0) is 27.0. The molecule has 6 rings (SSSR count). The monoisotopic (exact) mass is 548 g/mol. The van der Waals surface area contributed by atoms with Gasteiger partial charge >= 0.3 is 0 Å². The van der Waals surface area contributed by atoms with Crippen LogP contribution in [0.15, 0.2) is 59.8 Å². The summed E-state index contributed by atoms with van der Waals surface area (Å²) in [6.45, 7) is 3.20.